The van der Waals surface area contributed by atoms with Gasteiger partial charge in [0.2, 0.25) is 0 Å². The van der Waals surface area contributed by atoms with Crippen LogP contribution in [0.15, 0.2) is 72.8 Å². The first-order valence-corrected chi connectivity index (χ1v) is 9.66. The highest BCUT2D eigenvalue weighted by molar-refractivity contribution is 5.94. The van der Waals surface area contributed by atoms with E-state index in [-0.39, 0.29) is 17.9 Å². The average molecular weight is 404 g/mol. The molecule has 1 aliphatic heterocycles. The molecular formula is C24H21FN2O3. The standard InChI is InChI=1S/C24H21FN2O3/c1-30-23(28)18-6-4-7-20(15-18)26-24(29)27-14-13-16-5-2-3-8-21(16)22(27)17-9-11-19(25)12-10-17/h2-12,15,22H,13-14H2,1H3,(H,26,29)/t22-/m0/s1. The summed E-state index contributed by atoms with van der Waals surface area (Å²) in [6, 6.07) is 20.2. The van der Waals surface area contributed by atoms with Crippen LogP contribution in [0, 0.1) is 5.82 Å². The van der Waals surface area contributed by atoms with E-state index < -0.39 is 5.97 Å². The van der Waals surface area contributed by atoms with Crippen molar-refractivity contribution in [3.05, 3.63) is 101 Å². The first kappa shape index (κ1) is 19.6. The second-order valence-electron chi connectivity index (χ2n) is 7.10. The zero-order chi connectivity index (χ0) is 21.1. The number of halogens is 1. The Morgan fingerprint density at radius 3 is 2.57 bits per heavy atom. The number of fused-ring (bicyclic) bond motifs is 1. The summed E-state index contributed by atoms with van der Waals surface area (Å²) in [5, 5.41) is 2.88. The molecule has 4 rings (SSSR count). The van der Waals surface area contributed by atoms with Gasteiger partial charge < -0.3 is 15.0 Å². The van der Waals surface area contributed by atoms with E-state index in [4.69, 9.17) is 4.74 Å². The van der Waals surface area contributed by atoms with Gasteiger partial charge in [-0.3, -0.25) is 0 Å². The van der Waals surface area contributed by atoms with E-state index in [0.29, 0.717) is 17.8 Å². The van der Waals surface area contributed by atoms with E-state index in [2.05, 4.69) is 11.4 Å². The van der Waals surface area contributed by atoms with Gasteiger partial charge in [0.25, 0.3) is 0 Å². The van der Waals surface area contributed by atoms with Gasteiger partial charge in [-0.1, -0.05) is 42.5 Å². The molecule has 2 amide bonds. The number of esters is 1. The van der Waals surface area contributed by atoms with Crippen molar-refractivity contribution in [1.29, 1.82) is 0 Å². The van der Waals surface area contributed by atoms with Crippen LogP contribution in [-0.2, 0) is 11.2 Å². The third-order valence-electron chi connectivity index (χ3n) is 5.26. The summed E-state index contributed by atoms with van der Waals surface area (Å²) in [6.45, 7) is 0.515. The van der Waals surface area contributed by atoms with Crippen molar-refractivity contribution in [2.45, 2.75) is 12.5 Å². The van der Waals surface area contributed by atoms with Crippen molar-refractivity contribution in [2.24, 2.45) is 0 Å². The first-order chi connectivity index (χ1) is 14.6. The minimum Gasteiger partial charge on any atom is -0.465 e. The van der Waals surface area contributed by atoms with Crippen molar-refractivity contribution in [2.75, 3.05) is 19.0 Å². The van der Waals surface area contributed by atoms with Gasteiger partial charge in [0, 0.05) is 12.2 Å². The fraction of sp³-hybridized carbons (Fsp3) is 0.167. The molecule has 3 aromatic carbocycles. The van der Waals surface area contributed by atoms with Gasteiger partial charge in [0.15, 0.2) is 0 Å². The van der Waals surface area contributed by atoms with Crippen LogP contribution < -0.4 is 5.32 Å². The van der Waals surface area contributed by atoms with Crippen LogP contribution in [-0.4, -0.2) is 30.6 Å². The smallest absolute Gasteiger partial charge is 0.337 e. The minimum absolute atomic E-state index is 0.291. The molecule has 0 saturated heterocycles. The van der Waals surface area contributed by atoms with Crippen LogP contribution in [0.3, 0.4) is 0 Å². The van der Waals surface area contributed by atoms with Crippen LogP contribution in [0.4, 0.5) is 14.9 Å². The van der Waals surface area contributed by atoms with Crippen LogP contribution in [0.5, 0.6) is 0 Å². The first-order valence-electron chi connectivity index (χ1n) is 9.66. The predicted octanol–water partition coefficient (Wildman–Crippen LogP) is 4.79. The molecule has 1 atom stereocenters. The fourth-order valence-corrected chi connectivity index (χ4v) is 3.83. The van der Waals surface area contributed by atoms with Gasteiger partial charge in [-0.25, -0.2) is 14.0 Å². The van der Waals surface area contributed by atoms with E-state index >= 15 is 0 Å². The van der Waals surface area contributed by atoms with Crippen LogP contribution in [0.1, 0.15) is 33.1 Å². The summed E-state index contributed by atoms with van der Waals surface area (Å²) in [7, 11) is 1.31. The minimum atomic E-state index is -0.470. The van der Waals surface area contributed by atoms with E-state index in [9.17, 15) is 14.0 Å². The molecule has 0 radical (unpaired) electrons. The maximum atomic E-state index is 13.5. The normalized spacial score (nSPS) is 15.3. The Labute approximate surface area is 174 Å². The van der Waals surface area contributed by atoms with Crippen molar-refractivity contribution in [1.82, 2.24) is 4.90 Å². The SMILES string of the molecule is COC(=O)c1cccc(NC(=O)N2CCc3ccccc3[C@@H]2c2ccc(F)cc2)c1. The molecule has 0 aliphatic carbocycles. The molecule has 1 aliphatic rings. The number of nitrogens with zero attached hydrogens (tertiary/aromatic N) is 1. The number of carbonyl (C=O) groups is 2. The summed E-state index contributed by atoms with van der Waals surface area (Å²) in [5.74, 6) is -0.791. The number of rotatable bonds is 3. The van der Waals surface area contributed by atoms with Gasteiger partial charge in [-0.2, -0.15) is 0 Å². The summed E-state index contributed by atoms with van der Waals surface area (Å²) < 4.78 is 18.2. The van der Waals surface area contributed by atoms with Crippen molar-refractivity contribution in [3.8, 4) is 0 Å². The second-order valence-corrected chi connectivity index (χ2v) is 7.10. The molecule has 3 aromatic rings. The van der Waals surface area contributed by atoms with Gasteiger partial charge in [-0.15, -0.1) is 0 Å². The number of ether oxygens (including phenoxy) is 1. The van der Waals surface area contributed by atoms with E-state index in [1.54, 1.807) is 41.3 Å². The van der Waals surface area contributed by atoms with E-state index in [1.807, 2.05) is 18.2 Å². The van der Waals surface area contributed by atoms with Crippen molar-refractivity contribution in [3.63, 3.8) is 0 Å². The molecule has 30 heavy (non-hydrogen) atoms. The third-order valence-corrected chi connectivity index (χ3v) is 5.26. The van der Waals surface area contributed by atoms with Crippen molar-refractivity contribution < 1.29 is 18.7 Å². The molecule has 6 heteroatoms. The van der Waals surface area contributed by atoms with E-state index in [1.165, 1.54) is 24.8 Å². The molecule has 0 unspecified atom stereocenters. The molecule has 0 spiro atoms. The lowest BCUT2D eigenvalue weighted by atomic mass is 9.88. The Hall–Kier alpha value is -3.67. The third kappa shape index (κ3) is 3.89. The monoisotopic (exact) mass is 404 g/mol. The quantitative estimate of drug-likeness (QED) is 0.639. The maximum Gasteiger partial charge on any atom is 0.337 e. The molecule has 0 fully saturated rings. The Morgan fingerprint density at radius 1 is 1.03 bits per heavy atom. The van der Waals surface area contributed by atoms with Gasteiger partial charge in [0.1, 0.15) is 5.82 Å². The molecule has 0 bridgehead atoms. The van der Waals surface area contributed by atoms with Crippen LogP contribution in [0.25, 0.3) is 0 Å². The molecule has 1 heterocycles. The number of benzene rings is 3. The van der Waals surface area contributed by atoms with Crippen LogP contribution >= 0.6 is 0 Å². The highest BCUT2D eigenvalue weighted by Crippen LogP contribution is 2.35. The second kappa shape index (κ2) is 8.37. The number of methoxy groups -OCH3 is 1. The Morgan fingerprint density at radius 2 is 1.80 bits per heavy atom. The number of hydrogen-bond acceptors (Lipinski definition) is 3. The Kier molecular flexibility index (Phi) is 5.48. The number of nitrogens with one attached hydrogen (secondary N) is 1. The maximum absolute atomic E-state index is 13.5. The van der Waals surface area contributed by atoms with Crippen LogP contribution in [0.2, 0.25) is 0 Å². The molecule has 1 N–H and O–H groups in total. The van der Waals surface area contributed by atoms with Gasteiger partial charge in [-0.05, 0) is 53.4 Å². The zero-order valence-electron chi connectivity index (χ0n) is 16.5. The molecular weight excluding hydrogens is 383 g/mol. The molecule has 152 valence electrons. The summed E-state index contributed by atoms with van der Waals surface area (Å²) in [4.78, 5) is 26.7. The van der Waals surface area contributed by atoms with Gasteiger partial charge in [0.05, 0.1) is 18.7 Å². The van der Waals surface area contributed by atoms with Gasteiger partial charge >= 0.3 is 12.0 Å². The number of urea groups is 1. The fourth-order valence-electron chi connectivity index (χ4n) is 3.83. The predicted molar refractivity (Wildman–Crippen MR) is 112 cm³/mol. The summed E-state index contributed by atoms with van der Waals surface area (Å²) in [6.07, 6.45) is 0.726. The number of carbonyl (C=O) groups excluding carboxylic acids is 2. The largest absolute Gasteiger partial charge is 0.465 e. The summed E-state index contributed by atoms with van der Waals surface area (Å²) in [5.41, 5.74) is 3.88. The number of amides is 2. The number of anilines is 1. The van der Waals surface area contributed by atoms with Crippen molar-refractivity contribution >= 4 is 17.7 Å². The highest BCUT2D eigenvalue weighted by Gasteiger charge is 2.32. The topological polar surface area (TPSA) is 58.6 Å². The molecule has 5 nitrogen and oxygen atoms in total. The Balaban J connectivity index is 1.65. The number of hydrogen-bond donors (Lipinski definition) is 1. The average Bonchev–Trinajstić information content (AvgIpc) is 2.78. The Bertz CT molecular complexity index is 1080. The lowest BCUT2D eigenvalue weighted by Crippen LogP contribution is -2.43. The lowest BCUT2D eigenvalue weighted by molar-refractivity contribution is 0.0600. The molecule has 0 aromatic heterocycles. The molecule has 0 saturated carbocycles. The zero-order valence-corrected chi connectivity index (χ0v) is 16.5. The lowest BCUT2D eigenvalue weighted by Gasteiger charge is -2.37. The van der Waals surface area contributed by atoms with E-state index in [0.717, 1.165) is 17.5 Å². The highest BCUT2D eigenvalue weighted by atomic mass is 19.1. The summed E-state index contributed by atoms with van der Waals surface area (Å²) >= 11 is 0.